The van der Waals surface area contributed by atoms with Crippen LogP contribution in [0.25, 0.3) is 10.6 Å². The number of rotatable bonds is 4. The Labute approximate surface area is 119 Å². The third-order valence-corrected chi connectivity index (χ3v) is 3.89. The van der Waals surface area contributed by atoms with Crippen LogP contribution in [0.2, 0.25) is 0 Å². The summed E-state index contributed by atoms with van der Waals surface area (Å²) in [5.74, 6) is -0.434. The molecule has 0 spiro atoms. The fraction of sp³-hybridized carbons (Fsp3) is 0.286. The average molecular weight is 291 g/mol. The van der Waals surface area contributed by atoms with E-state index in [0.717, 1.165) is 15.4 Å². The standard InChI is InChI=1S/C14H13NO4S/c1-8-5-15-13(20-8)9-2-10(14(16)17)4-11(3-9)19-12-6-18-7-12/h2-5,12H,6-7H2,1H3,(H,16,17). The maximum absolute atomic E-state index is 11.2. The zero-order valence-corrected chi connectivity index (χ0v) is 11.6. The second-order valence-electron chi connectivity index (χ2n) is 4.60. The van der Waals surface area contributed by atoms with Crippen molar-refractivity contribution in [2.75, 3.05) is 13.2 Å². The molecule has 1 aliphatic heterocycles. The number of benzene rings is 1. The van der Waals surface area contributed by atoms with Crippen LogP contribution in [-0.4, -0.2) is 35.4 Å². The normalized spacial score (nSPS) is 14.8. The molecule has 104 valence electrons. The van der Waals surface area contributed by atoms with Gasteiger partial charge in [0.2, 0.25) is 0 Å². The molecule has 20 heavy (non-hydrogen) atoms. The molecular weight excluding hydrogens is 278 g/mol. The summed E-state index contributed by atoms with van der Waals surface area (Å²) in [5.41, 5.74) is 0.962. The van der Waals surface area contributed by atoms with Crippen molar-refractivity contribution in [3.8, 4) is 16.3 Å². The van der Waals surface area contributed by atoms with Gasteiger partial charge in [0.05, 0.1) is 18.8 Å². The molecule has 3 rings (SSSR count). The first-order valence-electron chi connectivity index (χ1n) is 6.17. The van der Waals surface area contributed by atoms with Crippen LogP contribution >= 0.6 is 11.3 Å². The van der Waals surface area contributed by atoms with E-state index in [2.05, 4.69) is 4.98 Å². The Morgan fingerprint density at radius 2 is 2.25 bits per heavy atom. The van der Waals surface area contributed by atoms with Crippen molar-refractivity contribution in [1.29, 1.82) is 0 Å². The molecule has 2 aromatic rings. The Hall–Kier alpha value is -1.92. The van der Waals surface area contributed by atoms with Gasteiger partial charge in [0.15, 0.2) is 0 Å². The Morgan fingerprint density at radius 1 is 1.45 bits per heavy atom. The van der Waals surface area contributed by atoms with Crippen LogP contribution in [0.4, 0.5) is 0 Å². The number of aromatic nitrogens is 1. The molecule has 0 aliphatic carbocycles. The quantitative estimate of drug-likeness (QED) is 0.937. The van der Waals surface area contributed by atoms with Crippen LogP contribution < -0.4 is 4.74 Å². The highest BCUT2D eigenvalue weighted by Crippen LogP contribution is 2.30. The third-order valence-electron chi connectivity index (χ3n) is 2.93. The number of ether oxygens (including phenoxy) is 2. The van der Waals surface area contributed by atoms with Crippen molar-refractivity contribution in [3.63, 3.8) is 0 Å². The van der Waals surface area contributed by atoms with Gasteiger partial charge in [-0.1, -0.05) is 0 Å². The molecule has 1 aromatic heterocycles. The van der Waals surface area contributed by atoms with Crippen LogP contribution in [0.15, 0.2) is 24.4 Å². The van der Waals surface area contributed by atoms with Gasteiger partial charge < -0.3 is 14.6 Å². The van der Waals surface area contributed by atoms with E-state index in [9.17, 15) is 9.90 Å². The van der Waals surface area contributed by atoms with Gasteiger partial charge >= 0.3 is 5.97 Å². The SMILES string of the molecule is Cc1cnc(-c2cc(OC3COC3)cc(C(=O)O)c2)s1. The van der Waals surface area contributed by atoms with Gasteiger partial charge in [-0.2, -0.15) is 0 Å². The fourth-order valence-electron chi connectivity index (χ4n) is 1.88. The summed E-state index contributed by atoms with van der Waals surface area (Å²) >= 11 is 1.52. The van der Waals surface area contributed by atoms with Crippen molar-refractivity contribution in [2.24, 2.45) is 0 Å². The van der Waals surface area contributed by atoms with E-state index < -0.39 is 5.97 Å². The van der Waals surface area contributed by atoms with Gasteiger partial charge in [-0.25, -0.2) is 9.78 Å². The molecule has 1 saturated heterocycles. The lowest BCUT2D eigenvalue weighted by molar-refractivity contribution is -0.0796. The molecule has 2 heterocycles. The minimum atomic E-state index is -0.977. The molecule has 0 radical (unpaired) electrons. The number of aromatic carboxylic acids is 1. The topological polar surface area (TPSA) is 68.7 Å². The van der Waals surface area contributed by atoms with Gasteiger partial charge in [0.25, 0.3) is 0 Å². The summed E-state index contributed by atoms with van der Waals surface area (Å²) in [6, 6.07) is 4.97. The number of thiazole rings is 1. The highest BCUT2D eigenvalue weighted by atomic mass is 32.1. The molecule has 1 aliphatic rings. The Morgan fingerprint density at radius 3 is 2.80 bits per heavy atom. The summed E-state index contributed by atoms with van der Waals surface area (Å²) < 4.78 is 10.7. The summed E-state index contributed by atoms with van der Waals surface area (Å²) in [7, 11) is 0. The molecule has 0 amide bonds. The summed E-state index contributed by atoms with van der Waals surface area (Å²) in [6.45, 7) is 3.05. The van der Waals surface area contributed by atoms with E-state index in [-0.39, 0.29) is 11.7 Å². The van der Waals surface area contributed by atoms with E-state index in [0.29, 0.717) is 19.0 Å². The zero-order valence-electron chi connectivity index (χ0n) is 10.8. The van der Waals surface area contributed by atoms with Crippen molar-refractivity contribution in [2.45, 2.75) is 13.0 Å². The number of hydrogen-bond acceptors (Lipinski definition) is 5. The highest BCUT2D eigenvalue weighted by Gasteiger charge is 2.21. The lowest BCUT2D eigenvalue weighted by atomic mass is 10.1. The number of carboxylic acid groups (broad SMARTS) is 1. The first kappa shape index (κ1) is 13.1. The van der Waals surface area contributed by atoms with Crippen LogP contribution in [0.5, 0.6) is 5.75 Å². The number of nitrogens with zero attached hydrogens (tertiary/aromatic N) is 1. The van der Waals surface area contributed by atoms with Gasteiger partial charge in [-0.05, 0) is 25.1 Å². The van der Waals surface area contributed by atoms with Crippen LogP contribution in [0.1, 0.15) is 15.2 Å². The van der Waals surface area contributed by atoms with Crippen molar-refractivity contribution in [1.82, 2.24) is 4.98 Å². The summed E-state index contributed by atoms with van der Waals surface area (Å²) in [4.78, 5) is 16.6. The van der Waals surface area contributed by atoms with Gasteiger partial charge in [0.1, 0.15) is 16.9 Å². The van der Waals surface area contributed by atoms with Crippen LogP contribution in [0.3, 0.4) is 0 Å². The lowest BCUT2D eigenvalue weighted by Gasteiger charge is -2.27. The maximum Gasteiger partial charge on any atom is 0.335 e. The molecule has 0 bridgehead atoms. The second kappa shape index (κ2) is 5.22. The fourth-order valence-corrected chi connectivity index (χ4v) is 2.63. The largest absolute Gasteiger partial charge is 0.486 e. The van der Waals surface area contributed by atoms with E-state index in [1.54, 1.807) is 12.3 Å². The zero-order chi connectivity index (χ0) is 14.1. The Bertz CT molecular complexity index is 648. The molecular formula is C14H13NO4S. The van der Waals surface area contributed by atoms with E-state index in [4.69, 9.17) is 9.47 Å². The Kier molecular flexibility index (Phi) is 3.42. The van der Waals surface area contributed by atoms with Crippen molar-refractivity contribution in [3.05, 3.63) is 34.8 Å². The second-order valence-corrected chi connectivity index (χ2v) is 5.84. The third kappa shape index (κ3) is 2.66. The minimum absolute atomic E-state index is 0.00456. The number of aryl methyl sites for hydroxylation is 1. The van der Waals surface area contributed by atoms with Crippen molar-refractivity contribution >= 4 is 17.3 Å². The first-order valence-corrected chi connectivity index (χ1v) is 6.99. The lowest BCUT2D eigenvalue weighted by Crippen LogP contribution is -2.38. The summed E-state index contributed by atoms with van der Waals surface area (Å²) in [6.07, 6.45) is 1.78. The molecule has 0 unspecified atom stereocenters. The van der Waals surface area contributed by atoms with E-state index >= 15 is 0 Å². The first-order chi connectivity index (χ1) is 9.61. The van der Waals surface area contributed by atoms with Crippen LogP contribution in [0, 0.1) is 6.92 Å². The van der Waals surface area contributed by atoms with Crippen LogP contribution in [-0.2, 0) is 4.74 Å². The molecule has 1 fully saturated rings. The number of carbonyl (C=O) groups is 1. The van der Waals surface area contributed by atoms with E-state index in [1.165, 1.54) is 17.4 Å². The molecule has 1 N–H and O–H groups in total. The summed E-state index contributed by atoms with van der Waals surface area (Å²) in [5, 5.41) is 9.99. The predicted molar refractivity (Wildman–Crippen MR) is 74.5 cm³/mol. The monoisotopic (exact) mass is 291 g/mol. The minimum Gasteiger partial charge on any atom is -0.486 e. The number of carboxylic acids is 1. The Balaban J connectivity index is 1.97. The maximum atomic E-state index is 11.2. The molecule has 0 saturated carbocycles. The molecule has 0 atom stereocenters. The van der Waals surface area contributed by atoms with Gasteiger partial charge in [-0.3, -0.25) is 0 Å². The smallest absolute Gasteiger partial charge is 0.335 e. The average Bonchev–Trinajstić information content (AvgIpc) is 2.80. The molecule has 5 nitrogen and oxygen atoms in total. The molecule has 6 heteroatoms. The highest BCUT2D eigenvalue weighted by molar-refractivity contribution is 7.14. The molecule has 1 aromatic carbocycles. The number of hydrogen-bond donors (Lipinski definition) is 1. The van der Waals surface area contributed by atoms with E-state index in [1.807, 2.05) is 13.0 Å². The predicted octanol–water partition coefficient (Wildman–Crippen LogP) is 2.59. The van der Waals surface area contributed by atoms with Gasteiger partial charge in [0, 0.05) is 16.6 Å². The van der Waals surface area contributed by atoms with Gasteiger partial charge in [-0.15, -0.1) is 11.3 Å². The van der Waals surface area contributed by atoms with Crippen molar-refractivity contribution < 1.29 is 19.4 Å².